The molecule has 1 aliphatic heterocycles. The molecule has 0 aliphatic carbocycles. The van der Waals surface area contributed by atoms with Crippen LogP contribution in [0.4, 0.5) is 5.82 Å². The molecular formula is C23H22N4OS. The molecule has 1 aliphatic rings. The number of nitrogens with one attached hydrogen (secondary N) is 1. The first-order chi connectivity index (χ1) is 13.9. The number of rotatable bonds is 2. The van der Waals surface area contributed by atoms with Crippen LogP contribution < -0.4 is 5.32 Å². The summed E-state index contributed by atoms with van der Waals surface area (Å²) in [5.41, 5.74) is 7.77. The largest absolute Gasteiger partial charge is 0.310 e. The Balaban J connectivity index is 1.69. The molecular weight excluding hydrogens is 380 g/mol. The van der Waals surface area contributed by atoms with E-state index in [1.165, 1.54) is 22.3 Å². The van der Waals surface area contributed by atoms with Gasteiger partial charge in [-0.25, -0.2) is 4.98 Å². The third-order valence-corrected chi connectivity index (χ3v) is 6.62. The van der Waals surface area contributed by atoms with Crippen LogP contribution in [0.1, 0.15) is 45.8 Å². The predicted octanol–water partition coefficient (Wildman–Crippen LogP) is 5.19. The Hall–Kier alpha value is -2.99. The number of nitrogens with zero attached hydrogens (tertiary/aromatic N) is 3. The second kappa shape index (κ2) is 6.52. The number of amides is 1. The smallest absolute Gasteiger partial charge is 0.226 e. The maximum atomic E-state index is 12.6. The fraction of sp³-hybridized carbons (Fsp3) is 0.261. The van der Waals surface area contributed by atoms with Crippen LogP contribution in [0.2, 0.25) is 0 Å². The number of thiazole rings is 1. The third-order valence-electron chi connectivity index (χ3n) is 5.63. The fourth-order valence-corrected chi connectivity index (χ4v) is 5.22. The second-order valence-corrected chi connectivity index (χ2v) is 8.90. The van der Waals surface area contributed by atoms with Gasteiger partial charge in [-0.2, -0.15) is 9.78 Å². The van der Waals surface area contributed by atoms with Gasteiger partial charge in [0.05, 0.1) is 15.9 Å². The number of hydrogen-bond donors (Lipinski definition) is 1. The molecule has 5 nitrogen and oxygen atoms in total. The average molecular weight is 403 g/mol. The molecule has 1 atom stereocenters. The summed E-state index contributed by atoms with van der Waals surface area (Å²) in [6.45, 7) is 8.29. The summed E-state index contributed by atoms with van der Waals surface area (Å²) in [5, 5.41) is 8.63. The lowest BCUT2D eigenvalue weighted by Crippen LogP contribution is -2.25. The minimum atomic E-state index is 0.00372. The fourth-order valence-electron chi connectivity index (χ4n) is 4.20. The summed E-state index contributed by atoms with van der Waals surface area (Å²) < 4.78 is 2.93. The summed E-state index contributed by atoms with van der Waals surface area (Å²) in [5.74, 6) is 0.769. The minimum absolute atomic E-state index is 0.00372. The molecule has 0 fully saturated rings. The monoisotopic (exact) mass is 402 g/mol. The van der Waals surface area contributed by atoms with E-state index in [1.54, 1.807) is 16.0 Å². The van der Waals surface area contributed by atoms with Crippen LogP contribution in [-0.2, 0) is 4.79 Å². The van der Waals surface area contributed by atoms with Gasteiger partial charge in [0.1, 0.15) is 5.82 Å². The summed E-state index contributed by atoms with van der Waals surface area (Å²) in [6.07, 6.45) is 0.433. The Bertz CT molecular complexity index is 1280. The van der Waals surface area contributed by atoms with E-state index in [9.17, 15) is 4.79 Å². The molecule has 5 rings (SSSR count). The Kier molecular flexibility index (Phi) is 4.06. The van der Waals surface area contributed by atoms with E-state index in [4.69, 9.17) is 10.1 Å². The predicted molar refractivity (Wildman–Crippen MR) is 117 cm³/mol. The zero-order chi connectivity index (χ0) is 20.3. The molecule has 1 N–H and O–H groups in total. The van der Waals surface area contributed by atoms with Gasteiger partial charge in [0.15, 0.2) is 0 Å². The van der Waals surface area contributed by atoms with Gasteiger partial charge in [0, 0.05) is 17.9 Å². The number of carbonyl (C=O) groups excluding carboxylic acids is 1. The number of benzene rings is 2. The molecule has 0 radical (unpaired) electrons. The van der Waals surface area contributed by atoms with E-state index in [0.29, 0.717) is 6.42 Å². The number of carbonyl (C=O) groups is 1. The van der Waals surface area contributed by atoms with Crippen molar-refractivity contribution in [3.8, 4) is 5.13 Å². The van der Waals surface area contributed by atoms with Crippen molar-refractivity contribution in [1.82, 2.24) is 14.8 Å². The molecule has 0 saturated heterocycles. The first-order valence-electron chi connectivity index (χ1n) is 9.75. The lowest BCUT2D eigenvalue weighted by atomic mass is 9.83. The van der Waals surface area contributed by atoms with E-state index < -0.39 is 0 Å². The van der Waals surface area contributed by atoms with Crippen LogP contribution in [0.25, 0.3) is 15.3 Å². The lowest BCUT2D eigenvalue weighted by Gasteiger charge is -2.25. The van der Waals surface area contributed by atoms with E-state index in [1.807, 2.05) is 13.0 Å². The molecule has 146 valence electrons. The van der Waals surface area contributed by atoms with Crippen molar-refractivity contribution >= 4 is 33.3 Å². The molecule has 0 bridgehead atoms. The molecule has 2 aromatic carbocycles. The minimum Gasteiger partial charge on any atom is -0.310 e. The Morgan fingerprint density at radius 3 is 2.66 bits per heavy atom. The van der Waals surface area contributed by atoms with Crippen molar-refractivity contribution in [3.05, 3.63) is 69.9 Å². The highest BCUT2D eigenvalue weighted by atomic mass is 32.1. The summed E-state index contributed by atoms with van der Waals surface area (Å²) in [7, 11) is 0. The first kappa shape index (κ1) is 18.1. The molecule has 0 saturated carbocycles. The summed E-state index contributed by atoms with van der Waals surface area (Å²) >= 11 is 1.59. The third kappa shape index (κ3) is 2.95. The summed E-state index contributed by atoms with van der Waals surface area (Å²) in [4.78, 5) is 17.4. The first-order valence-corrected chi connectivity index (χ1v) is 10.6. The molecule has 29 heavy (non-hydrogen) atoms. The topological polar surface area (TPSA) is 59.8 Å². The van der Waals surface area contributed by atoms with Crippen LogP contribution >= 0.6 is 11.3 Å². The van der Waals surface area contributed by atoms with Gasteiger partial charge >= 0.3 is 0 Å². The van der Waals surface area contributed by atoms with Crippen molar-refractivity contribution in [1.29, 1.82) is 0 Å². The molecule has 4 aromatic rings. The number of hydrogen-bond acceptors (Lipinski definition) is 4. The number of anilines is 1. The van der Waals surface area contributed by atoms with Crippen LogP contribution in [-0.4, -0.2) is 20.7 Å². The number of fused-ring (bicyclic) bond motifs is 2. The molecule has 3 heterocycles. The van der Waals surface area contributed by atoms with Gasteiger partial charge in [-0.1, -0.05) is 41.2 Å². The Labute approximate surface area is 173 Å². The van der Waals surface area contributed by atoms with Crippen LogP contribution in [0.5, 0.6) is 0 Å². The highest BCUT2D eigenvalue weighted by molar-refractivity contribution is 7.20. The molecule has 1 amide bonds. The van der Waals surface area contributed by atoms with Crippen molar-refractivity contribution in [2.45, 2.75) is 40.0 Å². The van der Waals surface area contributed by atoms with Crippen molar-refractivity contribution in [2.75, 3.05) is 5.32 Å². The SMILES string of the molecule is Cc1ccc(C)c([C@@H]2CC(=O)Nc3c2c(C)nn3-c2nc3ccc(C)cc3s2)c1. The van der Waals surface area contributed by atoms with Crippen LogP contribution in [0.3, 0.4) is 0 Å². The van der Waals surface area contributed by atoms with Gasteiger partial charge in [-0.05, 0) is 56.5 Å². The number of aryl methyl sites for hydroxylation is 4. The molecule has 2 aromatic heterocycles. The van der Waals surface area contributed by atoms with Gasteiger partial charge in [-0.3, -0.25) is 4.79 Å². The van der Waals surface area contributed by atoms with Crippen molar-refractivity contribution < 1.29 is 4.79 Å². The van der Waals surface area contributed by atoms with E-state index in [-0.39, 0.29) is 11.8 Å². The van der Waals surface area contributed by atoms with Gasteiger partial charge in [-0.15, -0.1) is 0 Å². The standard InChI is InChI=1S/C23H22N4OS/c1-12-5-7-14(3)16(9-12)17-11-20(28)25-22-21(17)15(4)26-27(22)23-24-18-8-6-13(2)10-19(18)29-23/h5-10,17H,11H2,1-4H3,(H,25,28)/t17-/m0/s1. The quantitative estimate of drug-likeness (QED) is 0.502. The zero-order valence-corrected chi connectivity index (χ0v) is 17.7. The normalized spacial score (nSPS) is 16.1. The molecule has 0 spiro atoms. The second-order valence-electron chi connectivity index (χ2n) is 7.89. The highest BCUT2D eigenvalue weighted by Crippen LogP contribution is 2.42. The van der Waals surface area contributed by atoms with Gasteiger partial charge < -0.3 is 5.32 Å². The Morgan fingerprint density at radius 1 is 1.07 bits per heavy atom. The highest BCUT2D eigenvalue weighted by Gasteiger charge is 2.34. The van der Waals surface area contributed by atoms with E-state index >= 15 is 0 Å². The average Bonchev–Trinajstić information content (AvgIpc) is 3.23. The molecule has 0 unspecified atom stereocenters. The van der Waals surface area contributed by atoms with E-state index in [2.05, 4.69) is 56.4 Å². The van der Waals surface area contributed by atoms with Gasteiger partial charge in [0.2, 0.25) is 11.0 Å². The van der Waals surface area contributed by atoms with Crippen molar-refractivity contribution in [3.63, 3.8) is 0 Å². The zero-order valence-electron chi connectivity index (χ0n) is 16.9. The van der Waals surface area contributed by atoms with Gasteiger partial charge in [0.25, 0.3) is 0 Å². The van der Waals surface area contributed by atoms with Crippen molar-refractivity contribution in [2.24, 2.45) is 0 Å². The maximum absolute atomic E-state index is 12.6. The van der Waals surface area contributed by atoms with E-state index in [0.717, 1.165) is 32.4 Å². The summed E-state index contributed by atoms with van der Waals surface area (Å²) in [6, 6.07) is 12.7. The maximum Gasteiger partial charge on any atom is 0.226 e. The number of aromatic nitrogens is 3. The van der Waals surface area contributed by atoms with Crippen LogP contribution in [0.15, 0.2) is 36.4 Å². The van der Waals surface area contributed by atoms with Crippen LogP contribution in [0, 0.1) is 27.7 Å². The Morgan fingerprint density at radius 2 is 1.83 bits per heavy atom. The lowest BCUT2D eigenvalue weighted by molar-refractivity contribution is -0.116. The molecule has 6 heteroatoms.